The molecule has 45 heavy (non-hydrogen) atoms. The number of amides is 1. The van der Waals surface area contributed by atoms with Crippen LogP contribution in [0.1, 0.15) is 62.1 Å². The Morgan fingerprint density at radius 2 is 1.98 bits per heavy atom. The molecule has 5 heterocycles. The number of carbonyl (C=O) groups excluding carboxylic acids is 2. The number of nitrogens with one attached hydrogen (secondary N) is 1. The Labute approximate surface area is 264 Å². The van der Waals surface area contributed by atoms with Gasteiger partial charge in [0.25, 0.3) is 5.91 Å². The number of piperidine rings is 1. The number of benzene rings is 1. The van der Waals surface area contributed by atoms with Crippen LogP contribution >= 0.6 is 0 Å². The minimum atomic E-state index is -0.654. The van der Waals surface area contributed by atoms with E-state index in [4.69, 9.17) is 19.6 Å². The van der Waals surface area contributed by atoms with E-state index in [1.54, 1.807) is 6.07 Å². The molecule has 2 aliphatic heterocycles. The molecule has 1 saturated heterocycles. The third-order valence-electron chi connectivity index (χ3n) is 10.2. The van der Waals surface area contributed by atoms with E-state index in [2.05, 4.69) is 46.9 Å². The highest BCUT2D eigenvalue weighted by Crippen LogP contribution is 2.47. The number of methoxy groups -OCH3 is 1. The van der Waals surface area contributed by atoms with Crippen LogP contribution in [-0.2, 0) is 29.2 Å². The molecule has 0 spiro atoms. The average molecular weight is 625 g/mol. The van der Waals surface area contributed by atoms with Crippen molar-refractivity contribution >= 4 is 37.4 Å². The predicted molar refractivity (Wildman–Crippen MR) is 175 cm³/mol. The number of hydrogen-bond donors (Lipinski definition) is 1. The highest BCUT2D eigenvalue weighted by molar-refractivity contribution is 6.55. The van der Waals surface area contributed by atoms with Crippen LogP contribution in [0.3, 0.4) is 0 Å². The summed E-state index contributed by atoms with van der Waals surface area (Å²) in [6.45, 7) is 10.6. The largest absolute Gasteiger partial charge is 0.465 e. The van der Waals surface area contributed by atoms with E-state index in [0.717, 1.165) is 95.3 Å². The summed E-state index contributed by atoms with van der Waals surface area (Å²) < 4.78 is 15.1. The van der Waals surface area contributed by atoms with Gasteiger partial charge in [-0.05, 0) is 73.4 Å². The van der Waals surface area contributed by atoms with E-state index < -0.39 is 14.8 Å². The van der Waals surface area contributed by atoms with Crippen molar-refractivity contribution in [3.8, 4) is 11.3 Å². The van der Waals surface area contributed by atoms with E-state index in [9.17, 15) is 9.59 Å². The number of pyridine rings is 1. The molecule has 4 aromatic rings. The average Bonchev–Trinajstić information content (AvgIpc) is 3.36. The van der Waals surface area contributed by atoms with Gasteiger partial charge in [-0.25, -0.2) is 14.5 Å². The molecule has 3 atom stereocenters. The summed E-state index contributed by atoms with van der Waals surface area (Å²) >= 11 is 0. The number of anilines is 1. The predicted octanol–water partition coefficient (Wildman–Crippen LogP) is 4.69. The first-order valence-electron chi connectivity index (χ1n) is 16.2. The molecule has 4 aliphatic rings. The number of rotatable bonds is 9. The SMILES string of the molecule is COC(=O)c1cc2c3c(c1)c(C(=O)N[C@@H]1CCc4c1nn(COCC[SiH](C)C)c4C)cn3Cc1ccc(N3CC4CC4C3)nc1-2. The zero-order valence-electron chi connectivity index (χ0n) is 26.4. The second kappa shape index (κ2) is 10.8. The topological polar surface area (TPSA) is 104 Å². The molecule has 3 aromatic heterocycles. The molecule has 234 valence electrons. The minimum Gasteiger partial charge on any atom is -0.465 e. The molecular weight excluding hydrogens is 584 g/mol. The molecule has 8 rings (SSSR count). The van der Waals surface area contributed by atoms with Crippen LogP contribution in [0, 0.1) is 18.8 Å². The van der Waals surface area contributed by atoms with Crippen molar-refractivity contribution in [2.45, 2.75) is 64.6 Å². The standard InChI is InChI=1S/C34H40N6O4Si/c1-19-24-6-7-28(31(24)37-40(19)18-44-9-10-45(3)4)35-33(41)27-17-39-14-20-5-8-29(38-15-22-11-23(22)16-38)36-30(20)26-13-21(34(42)43-2)12-25(27)32(26)39/h5,8,12-13,17,22-23,28,45H,6-7,9-11,14-16,18H2,1-4H3,(H,35,41)/t22?,23?,28-/m1/s1. The summed E-state index contributed by atoms with van der Waals surface area (Å²) in [5.41, 5.74) is 7.90. The van der Waals surface area contributed by atoms with Gasteiger partial charge in [-0.1, -0.05) is 19.2 Å². The third-order valence-corrected chi connectivity index (χ3v) is 11.6. The van der Waals surface area contributed by atoms with Gasteiger partial charge in [0.1, 0.15) is 12.5 Å². The summed E-state index contributed by atoms with van der Waals surface area (Å²) in [6.07, 6.45) is 4.92. The summed E-state index contributed by atoms with van der Waals surface area (Å²) in [5.74, 6) is 1.97. The second-order valence-corrected chi connectivity index (χ2v) is 17.0. The maximum absolute atomic E-state index is 14.0. The monoisotopic (exact) mass is 624 g/mol. The van der Waals surface area contributed by atoms with E-state index in [-0.39, 0.29) is 11.9 Å². The summed E-state index contributed by atoms with van der Waals surface area (Å²) in [5, 5.41) is 8.89. The van der Waals surface area contributed by atoms with Crippen LogP contribution in [0.25, 0.3) is 22.2 Å². The number of aromatic nitrogens is 4. The first-order chi connectivity index (χ1) is 21.8. The number of esters is 1. The zero-order chi connectivity index (χ0) is 31.0. The van der Waals surface area contributed by atoms with Crippen molar-refractivity contribution < 1.29 is 19.1 Å². The molecule has 1 aromatic carbocycles. The van der Waals surface area contributed by atoms with Gasteiger partial charge in [-0.3, -0.25) is 4.79 Å². The first-order valence-corrected chi connectivity index (χ1v) is 19.4. The minimum absolute atomic E-state index is 0.175. The van der Waals surface area contributed by atoms with Crippen molar-refractivity contribution in [3.63, 3.8) is 0 Å². The van der Waals surface area contributed by atoms with Gasteiger partial charge in [0.05, 0.1) is 41.2 Å². The molecule has 1 saturated carbocycles. The van der Waals surface area contributed by atoms with E-state index in [0.29, 0.717) is 24.4 Å². The smallest absolute Gasteiger partial charge is 0.337 e. The molecule has 11 heteroatoms. The van der Waals surface area contributed by atoms with Crippen molar-refractivity contribution in [1.29, 1.82) is 0 Å². The van der Waals surface area contributed by atoms with Crippen LogP contribution in [0.4, 0.5) is 5.82 Å². The summed E-state index contributed by atoms with van der Waals surface area (Å²) in [7, 11) is 0.730. The fraction of sp³-hybridized carbons (Fsp3) is 0.471. The molecule has 2 fully saturated rings. The van der Waals surface area contributed by atoms with Gasteiger partial charge in [0.2, 0.25) is 0 Å². The fourth-order valence-electron chi connectivity index (χ4n) is 7.54. The molecule has 1 amide bonds. The lowest BCUT2D eigenvalue weighted by atomic mass is 9.96. The van der Waals surface area contributed by atoms with Crippen LogP contribution in [0.5, 0.6) is 0 Å². The molecule has 0 radical (unpaired) electrons. The Morgan fingerprint density at radius 3 is 2.76 bits per heavy atom. The van der Waals surface area contributed by atoms with Crippen LogP contribution in [-0.4, -0.2) is 66.8 Å². The van der Waals surface area contributed by atoms with Gasteiger partial charge in [-0.2, -0.15) is 5.10 Å². The van der Waals surface area contributed by atoms with Gasteiger partial charge in [0, 0.05) is 57.9 Å². The molecule has 1 N–H and O–H groups in total. The lowest BCUT2D eigenvalue weighted by Gasteiger charge is -2.24. The lowest BCUT2D eigenvalue weighted by molar-refractivity contribution is 0.0600. The van der Waals surface area contributed by atoms with Gasteiger partial charge < -0.3 is 24.3 Å². The van der Waals surface area contributed by atoms with Crippen molar-refractivity contribution in [2.24, 2.45) is 11.8 Å². The fourth-order valence-corrected chi connectivity index (χ4v) is 8.18. The zero-order valence-corrected chi connectivity index (χ0v) is 27.6. The van der Waals surface area contributed by atoms with Crippen molar-refractivity contribution in [2.75, 3.05) is 31.7 Å². The van der Waals surface area contributed by atoms with Gasteiger partial charge in [-0.15, -0.1) is 0 Å². The second-order valence-electron chi connectivity index (χ2n) is 13.7. The Balaban J connectivity index is 1.11. The first kappa shape index (κ1) is 28.5. The number of nitrogens with zero attached hydrogens (tertiary/aromatic N) is 5. The van der Waals surface area contributed by atoms with Crippen LogP contribution in [0.2, 0.25) is 19.1 Å². The lowest BCUT2D eigenvalue weighted by Crippen LogP contribution is -2.27. The maximum Gasteiger partial charge on any atom is 0.337 e. The number of ether oxygens (including phenoxy) is 2. The Kier molecular flexibility index (Phi) is 6.86. The Hall–Kier alpha value is -3.96. The summed E-state index contributed by atoms with van der Waals surface area (Å²) in [6, 6.07) is 8.88. The quantitative estimate of drug-likeness (QED) is 0.144. The van der Waals surface area contributed by atoms with Crippen molar-refractivity contribution in [1.82, 2.24) is 24.6 Å². The highest BCUT2D eigenvalue weighted by atomic mass is 28.3. The molecule has 0 bridgehead atoms. The highest BCUT2D eigenvalue weighted by Gasteiger charge is 2.45. The van der Waals surface area contributed by atoms with Gasteiger partial charge >= 0.3 is 5.97 Å². The Morgan fingerprint density at radius 1 is 1.16 bits per heavy atom. The maximum atomic E-state index is 14.0. The molecule has 2 aliphatic carbocycles. The number of hydrogen-bond acceptors (Lipinski definition) is 7. The van der Waals surface area contributed by atoms with Crippen LogP contribution < -0.4 is 10.2 Å². The summed E-state index contributed by atoms with van der Waals surface area (Å²) in [4.78, 5) is 34.4. The van der Waals surface area contributed by atoms with E-state index in [1.807, 2.05) is 16.9 Å². The van der Waals surface area contributed by atoms with Gasteiger partial charge in [0.15, 0.2) is 0 Å². The Bertz CT molecular complexity index is 1850. The third kappa shape index (κ3) is 4.87. The normalized spacial score (nSPS) is 20.8. The van der Waals surface area contributed by atoms with Crippen LogP contribution in [0.15, 0.2) is 30.5 Å². The van der Waals surface area contributed by atoms with E-state index in [1.165, 1.54) is 19.1 Å². The molecular formula is C34H40N6O4Si. The van der Waals surface area contributed by atoms with E-state index >= 15 is 0 Å². The van der Waals surface area contributed by atoms with Crippen molar-refractivity contribution in [3.05, 3.63) is 64.1 Å². The number of carbonyl (C=O) groups is 2. The molecule has 2 unspecified atom stereocenters. The number of fused-ring (bicyclic) bond motifs is 4. The molecule has 10 nitrogen and oxygen atoms in total.